The lowest BCUT2D eigenvalue weighted by atomic mass is 10.2. The molecule has 0 saturated carbocycles. The summed E-state index contributed by atoms with van der Waals surface area (Å²) in [7, 11) is 0. The molecule has 5 heterocycles. The minimum atomic E-state index is -0.503. The van der Waals surface area contributed by atoms with Crippen molar-refractivity contribution < 1.29 is 9.18 Å². The minimum absolute atomic E-state index is 0.222. The molecular formula is C20H21FN8O. The van der Waals surface area contributed by atoms with Gasteiger partial charge in [-0.3, -0.25) is 4.79 Å². The number of hydrogen-bond acceptors (Lipinski definition) is 6. The Bertz CT molecular complexity index is 1270. The third-order valence-corrected chi connectivity index (χ3v) is 5.14. The molecule has 5 rings (SSSR count). The molecule has 9 nitrogen and oxygen atoms in total. The molecule has 0 radical (unpaired) electrons. The zero-order chi connectivity index (χ0) is 20.8. The van der Waals surface area contributed by atoms with Crippen LogP contribution in [0.25, 0.3) is 11.3 Å². The summed E-state index contributed by atoms with van der Waals surface area (Å²) in [4.78, 5) is 23.9. The molecule has 2 N–H and O–H groups in total. The van der Waals surface area contributed by atoms with Crippen LogP contribution in [0.4, 0.5) is 15.8 Å². The number of carbonyl (C=O) groups excluding carboxylic acids is 1. The number of rotatable bonds is 3. The van der Waals surface area contributed by atoms with Crippen LogP contribution in [0.15, 0.2) is 30.6 Å². The predicted octanol–water partition coefficient (Wildman–Crippen LogP) is 1.79. The first-order chi connectivity index (χ1) is 14.5. The van der Waals surface area contributed by atoms with Gasteiger partial charge in [0.25, 0.3) is 5.91 Å². The fraction of sp³-hybridized carbons (Fsp3) is 0.300. The van der Waals surface area contributed by atoms with Crippen molar-refractivity contribution in [2.75, 3.05) is 36.4 Å². The van der Waals surface area contributed by atoms with E-state index in [-0.39, 0.29) is 5.65 Å². The number of halogens is 1. The number of aromatic nitrogens is 5. The third-order valence-electron chi connectivity index (χ3n) is 5.14. The van der Waals surface area contributed by atoms with Crippen LogP contribution in [0.2, 0.25) is 0 Å². The molecule has 0 atom stereocenters. The van der Waals surface area contributed by atoms with Gasteiger partial charge >= 0.3 is 0 Å². The van der Waals surface area contributed by atoms with E-state index in [1.807, 2.05) is 6.07 Å². The topological polar surface area (TPSA) is 91.9 Å². The van der Waals surface area contributed by atoms with Crippen molar-refractivity contribution in [1.82, 2.24) is 29.3 Å². The molecule has 0 aliphatic carbocycles. The highest BCUT2D eigenvalue weighted by atomic mass is 19.1. The maximum absolute atomic E-state index is 14.4. The largest absolute Gasteiger partial charge is 0.366 e. The lowest BCUT2D eigenvalue weighted by Crippen LogP contribution is -2.43. The Labute approximate surface area is 171 Å². The fourth-order valence-electron chi connectivity index (χ4n) is 3.82. The molecule has 1 saturated heterocycles. The molecule has 0 spiro atoms. The number of nitrogens with zero attached hydrogens (tertiary/aromatic N) is 6. The minimum Gasteiger partial charge on any atom is -0.366 e. The highest BCUT2D eigenvalue weighted by Crippen LogP contribution is 2.23. The van der Waals surface area contributed by atoms with E-state index in [9.17, 15) is 9.18 Å². The Kier molecular flexibility index (Phi) is 4.35. The second kappa shape index (κ2) is 7.06. The van der Waals surface area contributed by atoms with Gasteiger partial charge in [-0.1, -0.05) is 0 Å². The second-order valence-corrected chi connectivity index (χ2v) is 7.38. The Morgan fingerprint density at radius 1 is 1.13 bits per heavy atom. The first-order valence-corrected chi connectivity index (χ1v) is 9.78. The molecule has 1 fully saturated rings. The Morgan fingerprint density at radius 2 is 1.93 bits per heavy atom. The molecule has 0 bridgehead atoms. The van der Waals surface area contributed by atoms with E-state index in [4.69, 9.17) is 0 Å². The molecule has 4 aromatic rings. The molecule has 154 valence electrons. The van der Waals surface area contributed by atoms with Crippen LogP contribution in [0.3, 0.4) is 0 Å². The third kappa shape index (κ3) is 3.14. The van der Waals surface area contributed by atoms with E-state index >= 15 is 0 Å². The van der Waals surface area contributed by atoms with Crippen LogP contribution < -0.4 is 15.5 Å². The number of carbonyl (C=O) groups is 1. The monoisotopic (exact) mass is 408 g/mol. The van der Waals surface area contributed by atoms with Gasteiger partial charge in [-0.2, -0.15) is 5.10 Å². The number of amides is 1. The molecule has 0 aromatic carbocycles. The molecule has 30 heavy (non-hydrogen) atoms. The average Bonchev–Trinajstić information content (AvgIpc) is 3.29. The number of piperazine rings is 1. The smallest absolute Gasteiger partial charge is 0.274 e. The van der Waals surface area contributed by atoms with Crippen molar-refractivity contribution in [2.24, 2.45) is 0 Å². The number of nitrogens with one attached hydrogen (secondary N) is 2. The van der Waals surface area contributed by atoms with Crippen molar-refractivity contribution in [1.29, 1.82) is 0 Å². The number of aryl methyl sites for hydroxylation is 2. The second-order valence-electron chi connectivity index (χ2n) is 7.38. The summed E-state index contributed by atoms with van der Waals surface area (Å²) >= 11 is 0. The lowest BCUT2D eigenvalue weighted by Gasteiger charge is -2.29. The zero-order valence-corrected chi connectivity index (χ0v) is 16.7. The van der Waals surface area contributed by atoms with Crippen molar-refractivity contribution in [2.45, 2.75) is 13.8 Å². The van der Waals surface area contributed by atoms with Gasteiger partial charge in [0, 0.05) is 44.6 Å². The maximum Gasteiger partial charge on any atom is 0.274 e. The van der Waals surface area contributed by atoms with Gasteiger partial charge in [0.15, 0.2) is 17.1 Å². The van der Waals surface area contributed by atoms with E-state index in [0.717, 1.165) is 31.9 Å². The first-order valence-electron chi connectivity index (χ1n) is 9.78. The van der Waals surface area contributed by atoms with Crippen LogP contribution in [-0.2, 0) is 0 Å². The summed E-state index contributed by atoms with van der Waals surface area (Å²) in [6.45, 7) is 7.08. The van der Waals surface area contributed by atoms with Crippen molar-refractivity contribution in [3.8, 4) is 0 Å². The van der Waals surface area contributed by atoms with E-state index in [2.05, 4.69) is 30.6 Å². The van der Waals surface area contributed by atoms with E-state index in [0.29, 0.717) is 28.5 Å². The highest BCUT2D eigenvalue weighted by molar-refractivity contribution is 6.03. The average molecular weight is 408 g/mol. The van der Waals surface area contributed by atoms with Crippen molar-refractivity contribution in [3.63, 3.8) is 0 Å². The number of hydrogen-bond donors (Lipinski definition) is 2. The van der Waals surface area contributed by atoms with Gasteiger partial charge in [0.2, 0.25) is 0 Å². The lowest BCUT2D eigenvalue weighted by molar-refractivity contribution is 0.102. The summed E-state index contributed by atoms with van der Waals surface area (Å²) in [6.07, 6.45) is 3.34. The van der Waals surface area contributed by atoms with E-state index in [1.165, 1.54) is 6.07 Å². The highest BCUT2D eigenvalue weighted by Gasteiger charge is 2.20. The Balaban J connectivity index is 1.51. The summed E-state index contributed by atoms with van der Waals surface area (Å²) < 4.78 is 17.5. The van der Waals surface area contributed by atoms with Crippen molar-refractivity contribution >= 4 is 28.6 Å². The SMILES string of the molecule is Cc1cn2cc(NC(=O)c3ccc(N4CCNCC4)c4nc(C)nn34)cc(F)c2n1. The standard InChI is InChI=1S/C20H21FN8O/c1-12-10-28-11-14(9-15(21)18(28)23-12)25-20(30)17-4-3-16(27-7-5-22-6-8-27)19-24-13(2)26-29(17)19/h3-4,9-11,22H,5-8H2,1-2H3,(H,25,30). The normalized spacial score (nSPS) is 14.6. The summed E-state index contributed by atoms with van der Waals surface area (Å²) in [6, 6.07) is 4.88. The summed E-state index contributed by atoms with van der Waals surface area (Å²) in [5, 5.41) is 10.5. The van der Waals surface area contributed by atoms with Gasteiger partial charge in [0.1, 0.15) is 11.5 Å². The van der Waals surface area contributed by atoms with E-state index in [1.54, 1.807) is 41.2 Å². The number of anilines is 2. The summed E-state index contributed by atoms with van der Waals surface area (Å²) in [5.74, 6) is -0.322. The van der Waals surface area contributed by atoms with Gasteiger partial charge in [-0.05, 0) is 26.0 Å². The van der Waals surface area contributed by atoms with Crippen LogP contribution in [-0.4, -0.2) is 56.1 Å². The van der Waals surface area contributed by atoms with Gasteiger partial charge in [-0.25, -0.2) is 18.9 Å². The van der Waals surface area contributed by atoms with Gasteiger partial charge in [0.05, 0.1) is 17.1 Å². The van der Waals surface area contributed by atoms with Crippen molar-refractivity contribution in [3.05, 3.63) is 53.6 Å². The number of imidazole rings is 1. The number of pyridine rings is 2. The van der Waals surface area contributed by atoms with Crippen LogP contribution in [0.5, 0.6) is 0 Å². The number of fused-ring (bicyclic) bond motifs is 2. The Hall–Kier alpha value is -3.53. The van der Waals surface area contributed by atoms with Crippen LogP contribution in [0.1, 0.15) is 22.0 Å². The van der Waals surface area contributed by atoms with E-state index < -0.39 is 11.7 Å². The van der Waals surface area contributed by atoms with Crippen LogP contribution >= 0.6 is 0 Å². The molecule has 1 aliphatic heterocycles. The molecule has 0 unspecified atom stereocenters. The zero-order valence-electron chi connectivity index (χ0n) is 16.7. The first kappa shape index (κ1) is 18.5. The van der Waals surface area contributed by atoms with Crippen LogP contribution in [0, 0.1) is 19.7 Å². The summed E-state index contributed by atoms with van der Waals surface area (Å²) in [5.41, 5.74) is 3.15. The van der Waals surface area contributed by atoms with Gasteiger partial charge in [-0.15, -0.1) is 0 Å². The molecule has 1 aliphatic rings. The Morgan fingerprint density at radius 3 is 2.73 bits per heavy atom. The quantitative estimate of drug-likeness (QED) is 0.537. The maximum atomic E-state index is 14.4. The fourth-order valence-corrected chi connectivity index (χ4v) is 3.82. The molecule has 4 aromatic heterocycles. The molecule has 1 amide bonds. The predicted molar refractivity (Wildman–Crippen MR) is 111 cm³/mol. The van der Waals surface area contributed by atoms with Gasteiger partial charge < -0.3 is 19.9 Å². The molecular weight excluding hydrogens is 387 g/mol. The molecule has 10 heteroatoms.